The molecule has 1 aromatic rings. The van der Waals surface area contributed by atoms with Crippen LogP contribution in [0.4, 0.5) is 13.2 Å². The van der Waals surface area contributed by atoms with Crippen LogP contribution >= 0.6 is 0 Å². The van der Waals surface area contributed by atoms with Gasteiger partial charge >= 0.3 is 6.18 Å². The summed E-state index contributed by atoms with van der Waals surface area (Å²) in [5, 5.41) is 0. The van der Waals surface area contributed by atoms with E-state index in [-0.39, 0.29) is 0 Å². The third kappa shape index (κ3) is 3.62. The highest BCUT2D eigenvalue weighted by Crippen LogP contribution is 2.32. The molecule has 0 aromatic heterocycles. The monoisotopic (exact) mass is 273 g/mol. The summed E-state index contributed by atoms with van der Waals surface area (Å²) in [6, 6.07) is 4.83. The van der Waals surface area contributed by atoms with E-state index in [4.69, 9.17) is 10.5 Å². The lowest BCUT2D eigenvalue weighted by Crippen LogP contribution is -2.23. The molecule has 0 amide bonds. The van der Waals surface area contributed by atoms with Crippen molar-refractivity contribution < 1.29 is 17.9 Å². The Hall–Kier alpha value is -1.23. The average molecular weight is 273 g/mol. The predicted molar refractivity (Wildman–Crippen MR) is 66.8 cm³/mol. The highest BCUT2D eigenvalue weighted by Gasteiger charge is 2.30. The zero-order chi connectivity index (χ0) is 13.9. The van der Waals surface area contributed by atoms with Gasteiger partial charge in [-0.2, -0.15) is 13.2 Å². The molecule has 0 heterocycles. The van der Waals surface area contributed by atoms with Crippen molar-refractivity contribution in [1.29, 1.82) is 0 Å². The van der Waals surface area contributed by atoms with Crippen LogP contribution in [0.2, 0.25) is 0 Å². The van der Waals surface area contributed by atoms with Gasteiger partial charge in [0.25, 0.3) is 0 Å². The van der Waals surface area contributed by atoms with Crippen LogP contribution in [0.15, 0.2) is 24.3 Å². The summed E-state index contributed by atoms with van der Waals surface area (Å²) in [5.74, 6) is 1.39. The summed E-state index contributed by atoms with van der Waals surface area (Å²) in [5.41, 5.74) is 5.03. The molecule has 2 atom stereocenters. The number of nitrogens with two attached hydrogens (primary N) is 1. The highest BCUT2D eigenvalue weighted by atomic mass is 19.4. The molecule has 0 saturated heterocycles. The van der Waals surface area contributed by atoms with Gasteiger partial charge in [0.1, 0.15) is 5.75 Å². The van der Waals surface area contributed by atoms with E-state index in [1.54, 1.807) is 0 Å². The predicted octanol–water partition coefficient (Wildman–Crippen LogP) is 3.46. The maximum Gasteiger partial charge on any atom is 0.416 e. The molecule has 1 fully saturated rings. The molecule has 106 valence electrons. The lowest BCUT2D eigenvalue weighted by molar-refractivity contribution is -0.137. The SMILES string of the molecule is NCC1CCCC1COc1ccc(C(F)(F)F)cc1. The fourth-order valence-electron chi connectivity index (χ4n) is 2.59. The summed E-state index contributed by atoms with van der Waals surface area (Å²) < 4.78 is 42.7. The molecule has 19 heavy (non-hydrogen) atoms. The van der Waals surface area contributed by atoms with Crippen molar-refractivity contribution in [2.45, 2.75) is 25.4 Å². The Bertz CT molecular complexity index is 402. The minimum absolute atomic E-state index is 0.423. The van der Waals surface area contributed by atoms with E-state index >= 15 is 0 Å². The quantitative estimate of drug-likeness (QED) is 0.911. The molecular weight excluding hydrogens is 255 g/mol. The molecule has 2 rings (SSSR count). The van der Waals surface area contributed by atoms with Gasteiger partial charge in [0.05, 0.1) is 12.2 Å². The summed E-state index contributed by atoms with van der Waals surface area (Å²) in [6.45, 7) is 1.19. The van der Waals surface area contributed by atoms with Gasteiger partial charge < -0.3 is 10.5 Å². The third-order valence-corrected chi connectivity index (χ3v) is 3.76. The molecule has 1 aliphatic rings. The van der Waals surface area contributed by atoms with Crippen molar-refractivity contribution in [3.05, 3.63) is 29.8 Å². The second-order valence-corrected chi connectivity index (χ2v) is 5.02. The van der Waals surface area contributed by atoms with E-state index in [0.717, 1.165) is 31.4 Å². The van der Waals surface area contributed by atoms with Crippen LogP contribution < -0.4 is 10.5 Å². The highest BCUT2D eigenvalue weighted by molar-refractivity contribution is 5.28. The summed E-state index contributed by atoms with van der Waals surface area (Å²) in [7, 11) is 0. The minimum atomic E-state index is -4.30. The van der Waals surface area contributed by atoms with Crippen LogP contribution in [0.5, 0.6) is 5.75 Å². The van der Waals surface area contributed by atoms with Crippen molar-refractivity contribution in [3.63, 3.8) is 0 Å². The third-order valence-electron chi connectivity index (χ3n) is 3.76. The van der Waals surface area contributed by atoms with E-state index in [1.807, 2.05) is 0 Å². The zero-order valence-corrected chi connectivity index (χ0v) is 10.6. The lowest BCUT2D eigenvalue weighted by atomic mass is 9.97. The van der Waals surface area contributed by atoms with Crippen molar-refractivity contribution >= 4 is 0 Å². The van der Waals surface area contributed by atoms with Crippen LogP contribution in [0.1, 0.15) is 24.8 Å². The molecule has 2 N–H and O–H groups in total. The van der Waals surface area contributed by atoms with Gasteiger partial charge in [-0.25, -0.2) is 0 Å². The molecule has 0 spiro atoms. The van der Waals surface area contributed by atoms with Gasteiger partial charge in [-0.15, -0.1) is 0 Å². The number of benzene rings is 1. The Kier molecular flexibility index (Phi) is 4.34. The number of hydrogen-bond donors (Lipinski definition) is 1. The number of ether oxygens (including phenoxy) is 1. The van der Waals surface area contributed by atoms with Crippen LogP contribution in [-0.4, -0.2) is 13.2 Å². The normalized spacial score (nSPS) is 23.6. The van der Waals surface area contributed by atoms with E-state index in [2.05, 4.69) is 0 Å². The van der Waals surface area contributed by atoms with Crippen LogP contribution in [0.3, 0.4) is 0 Å². The van der Waals surface area contributed by atoms with Gasteiger partial charge in [-0.1, -0.05) is 6.42 Å². The topological polar surface area (TPSA) is 35.2 Å². The van der Waals surface area contributed by atoms with Gasteiger partial charge in [0.15, 0.2) is 0 Å². The second kappa shape index (κ2) is 5.82. The average Bonchev–Trinajstić information content (AvgIpc) is 2.83. The molecular formula is C14H18F3NO. The molecule has 1 saturated carbocycles. The van der Waals surface area contributed by atoms with Gasteiger partial charge in [0.2, 0.25) is 0 Å². The lowest BCUT2D eigenvalue weighted by Gasteiger charge is -2.18. The van der Waals surface area contributed by atoms with E-state index in [0.29, 0.717) is 30.7 Å². The largest absolute Gasteiger partial charge is 0.493 e. The fourth-order valence-corrected chi connectivity index (χ4v) is 2.59. The first kappa shape index (κ1) is 14.2. The fraction of sp³-hybridized carbons (Fsp3) is 0.571. The molecule has 2 unspecified atom stereocenters. The van der Waals surface area contributed by atoms with Crippen molar-refractivity contribution in [2.24, 2.45) is 17.6 Å². The zero-order valence-electron chi connectivity index (χ0n) is 10.6. The summed E-state index contributed by atoms with van der Waals surface area (Å²) in [6.07, 6.45) is -0.933. The first-order valence-corrected chi connectivity index (χ1v) is 6.51. The van der Waals surface area contributed by atoms with E-state index < -0.39 is 11.7 Å². The Morgan fingerprint density at radius 3 is 2.32 bits per heavy atom. The number of hydrogen-bond acceptors (Lipinski definition) is 2. The molecule has 0 bridgehead atoms. The van der Waals surface area contributed by atoms with Crippen molar-refractivity contribution in [1.82, 2.24) is 0 Å². The molecule has 2 nitrogen and oxygen atoms in total. The molecule has 0 radical (unpaired) electrons. The Labute approximate surface area is 110 Å². The second-order valence-electron chi connectivity index (χ2n) is 5.02. The molecule has 1 aliphatic carbocycles. The number of rotatable bonds is 4. The van der Waals surface area contributed by atoms with Crippen LogP contribution in [-0.2, 0) is 6.18 Å². The van der Waals surface area contributed by atoms with Crippen LogP contribution in [0, 0.1) is 11.8 Å². The smallest absolute Gasteiger partial charge is 0.416 e. The molecule has 0 aliphatic heterocycles. The van der Waals surface area contributed by atoms with Crippen molar-refractivity contribution in [2.75, 3.05) is 13.2 Å². The number of alkyl halides is 3. The van der Waals surface area contributed by atoms with Gasteiger partial charge in [0, 0.05) is 0 Å². The maximum atomic E-state index is 12.4. The van der Waals surface area contributed by atoms with E-state index in [9.17, 15) is 13.2 Å². The summed E-state index contributed by atoms with van der Waals surface area (Å²) >= 11 is 0. The van der Waals surface area contributed by atoms with Gasteiger partial charge in [-0.05, 0) is 55.5 Å². The Morgan fingerprint density at radius 2 is 1.74 bits per heavy atom. The summed E-state index contributed by atoms with van der Waals surface area (Å²) in [4.78, 5) is 0. The minimum Gasteiger partial charge on any atom is -0.493 e. The van der Waals surface area contributed by atoms with Gasteiger partial charge in [-0.3, -0.25) is 0 Å². The molecule has 5 heteroatoms. The first-order chi connectivity index (χ1) is 9.00. The first-order valence-electron chi connectivity index (χ1n) is 6.51. The van der Waals surface area contributed by atoms with E-state index in [1.165, 1.54) is 12.1 Å². The maximum absolute atomic E-state index is 12.4. The number of halogens is 3. The van der Waals surface area contributed by atoms with Crippen LogP contribution in [0.25, 0.3) is 0 Å². The van der Waals surface area contributed by atoms with Crippen molar-refractivity contribution in [3.8, 4) is 5.75 Å². The Balaban J connectivity index is 1.90. The standard InChI is InChI=1S/C14H18F3NO/c15-14(16,17)12-4-6-13(7-5-12)19-9-11-3-1-2-10(11)8-18/h4-7,10-11H,1-3,8-9,18H2. The molecule has 1 aromatic carbocycles. The Morgan fingerprint density at radius 1 is 1.11 bits per heavy atom.